The summed E-state index contributed by atoms with van der Waals surface area (Å²) in [6.45, 7) is 2.92. The van der Waals surface area contributed by atoms with Gasteiger partial charge in [-0.05, 0) is 49.7 Å². The summed E-state index contributed by atoms with van der Waals surface area (Å²) in [5.41, 5.74) is -2.07. The first-order valence-electron chi connectivity index (χ1n) is 8.20. The minimum atomic E-state index is -4.54. The molecule has 1 aliphatic rings. The molecule has 5 nitrogen and oxygen atoms in total. The van der Waals surface area contributed by atoms with Crippen LogP contribution in [0.25, 0.3) is 11.3 Å². The van der Waals surface area contributed by atoms with Crippen LogP contribution < -0.4 is 5.14 Å². The van der Waals surface area contributed by atoms with Crippen molar-refractivity contribution in [3.05, 3.63) is 65.0 Å². The van der Waals surface area contributed by atoms with Crippen molar-refractivity contribution in [3.63, 3.8) is 0 Å². The molecule has 29 heavy (non-hydrogen) atoms. The van der Waals surface area contributed by atoms with Crippen LogP contribution in [0, 0.1) is 5.82 Å². The van der Waals surface area contributed by atoms with Gasteiger partial charge in [0.25, 0.3) is 0 Å². The fraction of sp³-hybridized carbons (Fsp3) is 0.211. The summed E-state index contributed by atoms with van der Waals surface area (Å²) in [4.78, 5) is 12.1. The van der Waals surface area contributed by atoms with Gasteiger partial charge in [0.05, 0.1) is 11.1 Å². The Kier molecular flexibility index (Phi) is 4.83. The van der Waals surface area contributed by atoms with E-state index in [0.717, 1.165) is 36.4 Å². The first kappa shape index (κ1) is 21.0. The third kappa shape index (κ3) is 3.90. The Morgan fingerprint density at radius 1 is 1.00 bits per heavy atom. The molecule has 3 rings (SSSR count). The smallest absolute Gasteiger partial charge is 0.416 e. The summed E-state index contributed by atoms with van der Waals surface area (Å²) in [5.74, 6) is -1.73. The van der Waals surface area contributed by atoms with Crippen LogP contribution in [-0.2, 0) is 25.7 Å². The first-order chi connectivity index (χ1) is 13.2. The number of hydrogen-bond donors (Lipinski definition) is 1. The number of primary sulfonamides is 1. The Labute approximate surface area is 163 Å². The number of sulfonamides is 1. The van der Waals surface area contributed by atoms with Crippen LogP contribution >= 0.6 is 0 Å². The molecule has 1 aliphatic heterocycles. The Morgan fingerprint density at radius 3 is 2.03 bits per heavy atom. The molecule has 0 spiro atoms. The van der Waals surface area contributed by atoms with Gasteiger partial charge in [-0.3, -0.25) is 4.79 Å². The Hall–Kier alpha value is -2.72. The minimum absolute atomic E-state index is 0.0357. The van der Waals surface area contributed by atoms with E-state index >= 15 is 0 Å². The van der Waals surface area contributed by atoms with E-state index in [1.807, 2.05) is 0 Å². The van der Waals surface area contributed by atoms with Crippen molar-refractivity contribution in [2.75, 3.05) is 0 Å². The predicted octanol–water partition coefficient (Wildman–Crippen LogP) is 3.74. The zero-order valence-electron chi connectivity index (χ0n) is 15.2. The number of halogens is 4. The van der Waals surface area contributed by atoms with Crippen molar-refractivity contribution in [2.24, 2.45) is 5.14 Å². The Morgan fingerprint density at radius 2 is 1.55 bits per heavy atom. The lowest BCUT2D eigenvalue weighted by atomic mass is 9.92. The standard InChI is InChI=1S/C19H15F4NO4S/c1-18(2)17(25)15(10-3-6-12(7-4-10)19(21,22)23)16(28-18)11-5-8-14(13(20)9-11)29(24,26)27/h3-9H,1-2H3,(H2,24,26,27). The maximum atomic E-state index is 14.3. The van der Waals surface area contributed by atoms with Gasteiger partial charge in [-0.15, -0.1) is 0 Å². The first-order valence-corrected chi connectivity index (χ1v) is 9.75. The zero-order chi connectivity index (χ0) is 21.8. The van der Waals surface area contributed by atoms with Gasteiger partial charge < -0.3 is 4.74 Å². The molecule has 0 atom stereocenters. The lowest BCUT2D eigenvalue weighted by Gasteiger charge is -2.18. The van der Waals surface area contributed by atoms with Crippen LogP contribution in [0.5, 0.6) is 0 Å². The predicted molar refractivity (Wildman–Crippen MR) is 96.2 cm³/mol. The van der Waals surface area contributed by atoms with Gasteiger partial charge >= 0.3 is 6.18 Å². The highest BCUT2D eigenvalue weighted by molar-refractivity contribution is 7.89. The fourth-order valence-electron chi connectivity index (χ4n) is 2.92. The highest BCUT2D eigenvalue weighted by Gasteiger charge is 2.43. The monoisotopic (exact) mass is 429 g/mol. The van der Waals surface area contributed by atoms with E-state index in [-0.39, 0.29) is 22.5 Å². The summed E-state index contributed by atoms with van der Waals surface area (Å²) in [6, 6.07) is 6.86. The molecule has 0 radical (unpaired) electrons. The van der Waals surface area contributed by atoms with Crippen molar-refractivity contribution >= 4 is 27.1 Å². The van der Waals surface area contributed by atoms with Crippen LogP contribution in [0.3, 0.4) is 0 Å². The molecule has 2 aromatic carbocycles. The van der Waals surface area contributed by atoms with Crippen molar-refractivity contribution in [2.45, 2.75) is 30.5 Å². The second kappa shape index (κ2) is 6.67. The summed E-state index contributed by atoms with van der Waals surface area (Å²) >= 11 is 0. The molecular weight excluding hydrogens is 414 g/mol. The molecule has 0 saturated heterocycles. The molecule has 2 N–H and O–H groups in total. The molecule has 0 saturated carbocycles. The van der Waals surface area contributed by atoms with Gasteiger partial charge in [-0.2, -0.15) is 13.2 Å². The molecular formula is C19H15F4NO4S. The quantitative estimate of drug-likeness (QED) is 0.754. The third-order valence-corrected chi connectivity index (χ3v) is 5.30. The van der Waals surface area contributed by atoms with E-state index in [4.69, 9.17) is 9.88 Å². The van der Waals surface area contributed by atoms with Gasteiger partial charge in [0.2, 0.25) is 15.8 Å². The Bertz CT molecular complexity index is 1130. The number of hydrogen-bond acceptors (Lipinski definition) is 4. The number of benzene rings is 2. The average molecular weight is 429 g/mol. The van der Waals surface area contributed by atoms with Crippen molar-refractivity contribution < 1.29 is 35.5 Å². The molecule has 0 amide bonds. The van der Waals surface area contributed by atoms with Crippen LogP contribution in [0.4, 0.5) is 17.6 Å². The number of nitrogens with two attached hydrogens (primary N) is 1. The lowest BCUT2D eigenvalue weighted by Crippen LogP contribution is -2.29. The van der Waals surface area contributed by atoms with E-state index in [1.54, 1.807) is 0 Å². The van der Waals surface area contributed by atoms with Gasteiger partial charge in [0.15, 0.2) is 5.60 Å². The van der Waals surface area contributed by atoms with E-state index < -0.39 is 43.9 Å². The summed E-state index contributed by atoms with van der Waals surface area (Å²) in [5, 5.41) is 4.94. The van der Waals surface area contributed by atoms with Crippen molar-refractivity contribution in [1.82, 2.24) is 0 Å². The van der Waals surface area contributed by atoms with Crippen LogP contribution in [0.1, 0.15) is 30.5 Å². The number of alkyl halides is 3. The number of Topliss-reactive ketones (excluding diaryl/α,β-unsaturated/α-hetero) is 1. The molecule has 10 heteroatoms. The second-order valence-electron chi connectivity index (χ2n) is 6.91. The largest absolute Gasteiger partial charge is 0.478 e. The van der Waals surface area contributed by atoms with Crippen LogP contribution in [-0.4, -0.2) is 19.8 Å². The highest BCUT2D eigenvalue weighted by Crippen LogP contribution is 2.42. The van der Waals surface area contributed by atoms with E-state index in [2.05, 4.69) is 0 Å². The number of ether oxygens (including phenoxy) is 1. The number of ketones is 1. The zero-order valence-corrected chi connectivity index (χ0v) is 16.0. The molecule has 2 aromatic rings. The van der Waals surface area contributed by atoms with Gasteiger partial charge in [-0.1, -0.05) is 12.1 Å². The molecule has 0 bridgehead atoms. The highest BCUT2D eigenvalue weighted by atomic mass is 32.2. The maximum Gasteiger partial charge on any atom is 0.416 e. The molecule has 0 aromatic heterocycles. The summed E-state index contributed by atoms with van der Waals surface area (Å²) in [7, 11) is -4.30. The van der Waals surface area contributed by atoms with Crippen LogP contribution in [0.2, 0.25) is 0 Å². The van der Waals surface area contributed by atoms with Gasteiger partial charge in [0.1, 0.15) is 16.5 Å². The fourth-order valence-corrected chi connectivity index (χ4v) is 3.51. The second-order valence-corrected chi connectivity index (χ2v) is 8.44. The lowest BCUT2D eigenvalue weighted by molar-refractivity contribution is -0.137. The molecule has 0 aliphatic carbocycles. The van der Waals surface area contributed by atoms with Gasteiger partial charge in [0, 0.05) is 5.56 Å². The van der Waals surface area contributed by atoms with E-state index in [0.29, 0.717) is 0 Å². The Balaban J connectivity index is 2.17. The normalized spacial score (nSPS) is 16.9. The van der Waals surface area contributed by atoms with Crippen molar-refractivity contribution in [1.29, 1.82) is 0 Å². The summed E-state index contributed by atoms with van der Waals surface area (Å²) < 4.78 is 81.1. The van der Waals surface area contributed by atoms with Crippen molar-refractivity contribution in [3.8, 4) is 0 Å². The maximum absolute atomic E-state index is 14.3. The number of carbonyl (C=O) groups excluding carboxylic acids is 1. The SMILES string of the molecule is CC1(C)OC(c2ccc(S(N)(=O)=O)c(F)c2)=C(c2ccc(C(F)(F)F)cc2)C1=O. The third-order valence-electron chi connectivity index (χ3n) is 4.36. The van der Waals surface area contributed by atoms with E-state index in [9.17, 15) is 30.8 Å². The van der Waals surface area contributed by atoms with Gasteiger partial charge in [-0.25, -0.2) is 17.9 Å². The number of carbonyl (C=O) groups is 1. The number of rotatable bonds is 3. The molecule has 0 unspecified atom stereocenters. The minimum Gasteiger partial charge on any atom is -0.478 e. The topological polar surface area (TPSA) is 86.5 Å². The summed E-state index contributed by atoms with van der Waals surface area (Å²) in [6.07, 6.45) is -4.54. The molecule has 154 valence electrons. The molecule has 1 heterocycles. The van der Waals surface area contributed by atoms with Crippen LogP contribution in [0.15, 0.2) is 47.4 Å². The van der Waals surface area contributed by atoms with E-state index in [1.165, 1.54) is 19.9 Å². The average Bonchev–Trinajstić information content (AvgIpc) is 2.83. The molecule has 0 fully saturated rings.